The van der Waals surface area contributed by atoms with Crippen LogP contribution in [0.25, 0.3) is 0 Å². The number of nitrogens with zero attached hydrogens (tertiary/aromatic N) is 2. The van der Waals surface area contributed by atoms with Crippen LogP contribution in [-0.2, 0) is 21.2 Å². The summed E-state index contributed by atoms with van der Waals surface area (Å²) in [5, 5.41) is 3.50. The van der Waals surface area contributed by atoms with Gasteiger partial charge in [-0.2, -0.15) is 0 Å². The number of rotatable bonds is 5. The number of hydrogen-bond acceptors (Lipinski definition) is 5. The molecule has 1 aromatic heterocycles. The van der Waals surface area contributed by atoms with Gasteiger partial charge in [-0.3, -0.25) is 9.10 Å². The van der Waals surface area contributed by atoms with Gasteiger partial charge in [-0.05, 0) is 61.4 Å². The van der Waals surface area contributed by atoms with E-state index >= 15 is 0 Å². The normalized spacial score (nSPS) is 18.8. The Balaban J connectivity index is 1.53. The summed E-state index contributed by atoms with van der Waals surface area (Å²) in [4.78, 5) is 17.0. The van der Waals surface area contributed by atoms with E-state index in [-0.39, 0.29) is 22.2 Å². The number of anilines is 2. The minimum Gasteiger partial charge on any atom is -0.381 e. The lowest BCUT2D eigenvalue weighted by atomic mass is 9.92. The molecule has 166 valence electrons. The number of pyridine rings is 1. The molecule has 31 heavy (non-hydrogen) atoms. The molecule has 0 aliphatic carbocycles. The van der Waals surface area contributed by atoms with Crippen molar-refractivity contribution in [2.45, 2.75) is 25.7 Å². The average Bonchev–Trinajstić information content (AvgIpc) is 3.07. The van der Waals surface area contributed by atoms with Crippen LogP contribution in [-0.4, -0.2) is 44.8 Å². The third-order valence-electron chi connectivity index (χ3n) is 5.52. The number of hydrogen-bond donors (Lipinski definition) is 1. The Bertz CT molecular complexity index is 1090. The molecule has 2 aliphatic rings. The zero-order valence-corrected chi connectivity index (χ0v) is 19.1. The Morgan fingerprint density at radius 3 is 2.68 bits per heavy atom. The lowest BCUT2D eigenvalue weighted by molar-refractivity contribution is 0.0665. The number of amides is 1. The summed E-state index contributed by atoms with van der Waals surface area (Å²) >= 11 is 12.5. The van der Waals surface area contributed by atoms with Crippen LogP contribution in [0, 0.1) is 5.92 Å². The summed E-state index contributed by atoms with van der Waals surface area (Å²) in [5.41, 5.74) is 1.75. The largest absolute Gasteiger partial charge is 0.381 e. The monoisotopic (exact) mass is 483 g/mol. The molecule has 1 amide bonds. The van der Waals surface area contributed by atoms with Crippen LogP contribution in [0.15, 0.2) is 30.5 Å². The molecule has 0 atom stereocenters. The zero-order valence-electron chi connectivity index (χ0n) is 16.8. The van der Waals surface area contributed by atoms with E-state index in [1.165, 1.54) is 16.6 Å². The van der Waals surface area contributed by atoms with E-state index in [0.717, 1.165) is 38.0 Å². The standard InChI is InChI=1S/C21H23Cl2N3O4S/c22-16-9-15(8-14-2-5-30-6-3-14)10-17(11-16)25-21(27)18-12-20(24-13-19(18)23)26-4-1-7-31(26,28)29/h9-14H,1-8H2,(H,25,27). The molecule has 0 radical (unpaired) electrons. The first kappa shape index (κ1) is 22.3. The lowest BCUT2D eigenvalue weighted by Crippen LogP contribution is -2.26. The van der Waals surface area contributed by atoms with Crippen molar-refractivity contribution in [3.63, 3.8) is 0 Å². The number of ether oxygens (including phenoxy) is 1. The van der Waals surface area contributed by atoms with Gasteiger partial charge in [-0.15, -0.1) is 0 Å². The van der Waals surface area contributed by atoms with Gasteiger partial charge >= 0.3 is 0 Å². The fourth-order valence-corrected chi connectivity index (χ4v) is 5.91. The zero-order chi connectivity index (χ0) is 22.0. The fourth-order valence-electron chi connectivity index (χ4n) is 3.96. The van der Waals surface area contributed by atoms with E-state index in [0.29, 0.717) is 29.6 Å². The van der Waals surface area contributed by atoms with Crippen molar-refractivity contribution in [1.29, 1.82) is 0 Å². The molecule has 2 saturated heterocycles. The van der Waals surface area contributed by atoms with Gasteiger partial charge in [0.2, 0.25) is 10.0 Å². The van der Waals surface area contributed by atoms with Gasteiger partial charge < -0.3 is 10.1 Å². The number of carbonyl (C=O) groups excluding carboxylic acids is 1. The minimum atomic E-state index is -3.41. The van der Waals surface area contributed by atoms with E-state index in [1.54, 1.807) is 6.07 Å². The van der Waals surface area contributed by atoms with Gasteiger partial charge in [0.25, 0.3) is 5.91 Å². The van der Waals surface area contributed by atoms with E-state index in [4.69, 9.17) is 27.9 Å². The Labute approximate surface area is 191 Å². The molecular weight excluding hydrogens is 461 g/mol. The molecule has 10 heteroatoms. The Kier molecular flexibility index (Phi) is 6.71. The first-order chi connectivity index (χ1) is 14.8. The molecule has 0 saturated carbocycles. The number of carbonyl (C=O) groups is 1. The molecule has 4 rings (SSSR count). The highest BCUT2D eigenvalue weighted by molar-refractivity contribution is 7.93. The topological polar surface area (TPSA) is 88.6 Å². The highest BCUT2D eigenvalue weighted by Gasteiger charge is 2.30. The lowest BCUT2D eigenvalue weighted by Gasteiger charge is -2.22. The molecule has 7 nitrogen and oxygen atoms in total. The van der Waals surface area contributed by atoms with Crippen molar-refractivity contribution in [1.82, 2.24) is 4.98 Å². The fraction of sp³-hybridized carbons (Fsp3) is 0.429. The Morgan fingerprint density at radius 1 is 1.19 bits per heavy atom. The van der Waals surface area contributed by atoms with Crippen LogP contribution in [0.1, 0.15) is 35.2 Å². The molecule has 1 N–H and O–H groups in total. The van der Waals surface area contributed by atoms with Gasteiger partial charge in [0.1, 0.15) is 5.82 Å². The summed E-state index contributed by atoms with van der Waals surface area (Å²) in [5.74, 6) is 0.329. The van der Waals surface area contributed by atoms with Gasteiger partial charge in [0.05, 0.1) is 16.3 Å². The first-order valence-electron chi connectivity index (χ1n) is 10.2. The van der Waals surface area contributed by atoms with Gasteiger partial charge in [0.15, 0.2) is 0 Å². The molecule has 0 spiro atoms. The van der Waals surface area contributed by atoms with E-state index in [9.17, 15) is 13.2 Å². The van der Waals surface area contributed by atoms with Crippen LogP contribution in [0.5, 0.6) is 0 Å². The molecule has 0 unspecified atom stereocenters. The maximum absolute atomic E-state index is 12.9. The second-order valence-electron chi connectivity index (χ2n) is 7.83. The molecule has 2 aromatic rings. The van der Waals surface area contributed by atoms with Crippen LogP contribution in [0.2, 0.25) is 10.0 Å². The van der Waals surface area contributed by atoms with Gasteiger partial charge in [-0.25, -0.2) is 13.4 Å². The van der Waals surface area contributed by atoms with Gasteiger partial charge in [-0.1, -0.05) is 23.2 Å². The first-order valence-corrected chi connectivity index (χ1v) is 12.5. The van der Waals surface area contributed by atoms with Gasteiger partial charge in [0, 0.05) is 36.7 Å². The highest BCUT2D eigenvalue weighted by Crippen LogP contribution is 2.28. The average molecular weight is 484 g/mol. The SMILES string of the molecule is O=C(Nc1cc(Cl)cc(CC2CCOCC2)c1)c1cc(N2CCCS2(=O)=O)ncc1Cl. The summed E-state index contributed by atoms with van der Waals surface area (Å²) in [6, 6.07) is 6.89. The predicted molar refractivity (Wildman–Crippen MR) is 122 cm³/mol. The van der Waals surface area contributed by atoms with Crippen molar-refractivity contribution in [3.8, 4) is 0 Å². The van der Waals surface area contributed by atoms with Crippen LogP contribution >= 0.6 is 23.2 Å². The third kappa shape index (κ3) is 5.31. The quantitative estimate of drug-likeness (QED) is 0.689. The van der Waals surface area contributed by atoms with E-state index < -0.39 is 15.9 Å². The van der Waals surface area contributed by atoms with Crippen molar-refractivity contribution in [2.24, 2.45) is 5.92 Å². The van der Waals surface area contributed by atoms with E-state index in [2.05, 4.69) is 10.3 Å². The van der Waals surface area contributed by atoms with Crippen molar-refractivity contribution >= 4 is 50.6 Å². The minimum absolute atomic E-state index is 0.0667. The summed E-state index contributed by atoms with van der Waals surface area (Å²) in [7, 11) is -3.41. The van der Waals surface area contributed by atoms with Crippen molar-refractivity contribution < 1.29 is 17.9 Å². The molecule has 0 bridgehead atoms. The van der Waals surface area contributed by atoms with Crippen LogP contribution in [0.3, 0.4) is 0 Å². The van der Waals surface area contributed by atoms with E-state index in [1.807, 2.05) is 12.1 Å². The third-order valence-corrected chi connectivity index (χ3v) is 7.89. The predicted octanol–water partition coefficient (Wildman–Crippen LogP) is 4.15. The molecule has 1 aromatic carbocycles. The van der Waals surface area contributed by atoms with Crippen LogP contribution in [0.4, 0.5) is 11.5 Å². The number of nitrogens with one attached hydrogen (secondary N) is 1. The highest BCUT2D eigenvalue weighted by atomic mass is 35.5. The Hall–Kier alpha value is -1.87. The molecule has 2 fully saturated rings. The molecule has 2 aliphatic heterocycles. The van der Waals surface area contributed by atoms with Crippen molar-refractivity contribution in [3.05, 3.63) is 51.6 Å². The van der Waals surface area contributed by atoms with Crippen LogP contribution < -0.4 is 9.62 Å². The number of benzene rings is 1. The number of aromatic nitrogens is 1. The maximum Gasteiger partial charge on any atom is 0.257 e. The smallest absolute Gasteiger partial charge is 0.257 e. The second-order valence-corrected chi connectivity index (χ2v) is 10.7. The maximum atomic E-state index is 12.9. The summed E-state index contributed by atoms with van der Waals surface area (Å²) in [6.45, 7) is 1.87. The Morgan fingerprint density at radius 2 is 1.97 bits per heavy atom. The number of halogens is 2. The molecular formula is C21H23Cl2N3O4S. The number of sulfonamides is 1. The molecule has 3 heterocycles. The summed E-state index contributed by atoms with van der Waals surface area (Å²) < 4.78 is 31.0. The summed E-state index contributed by atoms with van der Waals surface area (Å²) in [6.07, 6.45) is 4.69. The van der Waals surface area contributed by atoms with Crippen molar-refractivity contribution in [2.75, 3.05) is 35.1 Å². The second kappa shape index (κ2) is 9.32.